The van der Waals surface area contributed by atoms with Crippen molar-refractivity contribution >= 4 is 17.5 Å². The summed E-state index contributed by atoms with van der Waals surface area (Å²) in [5.41, 5.74) is 6.02. The van der Waals surface area contributed by atoms with Crippen molar-refractivity contribution in [1.29, 1.82) is 0 Å². The van der Waals surface area contributed by atoms with Gasteiger partial charge in [0.2, 0.25) is 0 Å². The lowest BCUT2D eigenvalue weighted by Crippen LogP contribution is -2.22. The van der Waals surface area contributed by atoms with Crippen LogP contribution in [0.1, 0.15) is 10.4 Å². The molecule has 22 heavy (non-hydrogen) atoms. The number of methoxy groups -OCH3 is 1. The highest BCUT2D eigenvalue weighted by atomic mass is 16.5. The fourth-order valence-corrected chi connectivity index (χ4v) is 1.87. The number of anilines is 1. The second-order valence-electron chi connectivity index (χ2n) is 4.40. The van der Waals surface area contributed by atoms with E-state index in [1.54, 1.807) is 42.5 Å². The topological polar surface area (TPSA) is 90.7 Å². The summed E-state index contributed by atoms with van der Waals surface area (Å²) in [5, 5.41) is 2.68. The van der Waals surface area contributed by atoms with E-state index in [2.05, 4.69) is 5.32 Å². The van der Waals surface area contributed by atoms with E-state index in [1.807, 2.05) is 0 Å². The van der Waals surface area contributed by atoms with Crippen molar-refractivity contribution in [3.63, 3.8) is 0 Å². The lowest BCUT2D eigenvalue weighted by atomic mass is 10.2. The van der Waals surface area contributed by atoms with Crippen LogP contribution in [0.15, 0.2) is 48.5 Å². The average molecular weight is 300 g/mol. The van der Waals surface area contributed by atoms with Gasteiger partial charge in [0, 0.05) is 0 Å². The normalized spacial score (nSPS) is 9.86. The Balaban J connectivity index is 2.00. The molecule has 0 atom stereocenters. The second kappa shape index (κ2) is 7.12. The summed E-state index contributed by atoms with van der Waals surface area (Å²) < 4.78 is 10.5. The maximum absolute atomic E-state index is 11.9. The molecule has 0 saturated carbocycles. The Morgan fingerprint density at radius 2 is 1.68 bits per heavy atom. The molecule has 3 N–H and O–H groups in total. The average Bonchev–Trinajstić information content (AvgIpc) is 2.53. The van der Waals surface area contributed by atoms with Crippen molar-refractivity contribution in [1.82, 2.24) is 0 Å². The first-order valence-electron chi connectivity index (χ1n) is 6.56. The number of carbonyl (C=O) groups excluding carboxylic acids is 2. The minimum Gasteiger partial charge on any atom is -0.495 e. The number of carbonyl (C=O) groups is 2. The summed E-state index contributed by atoms with van der Waals surface area (Å²) in [5.74, 6) is -0.164. The van der Waals surface area contributed by atoms with Crippen molar-refractivity contribution in [2.24, 2.45) is 5.73 Å². The molecule has 6 heteroatoms. The van der Waals surface area contributed by atoms with Gasteiger partial charge >= 0.3 is 0 Å². The summed E-state index contributed by atoms with van der Waals surface area (Å²) >= 11 is 0. The Morgan fingerprint density at radius 1 is 1.05 bits per heavy atom. The van der Waals surface area contributed by atoms with Crippen molar-refractivity contribution < 1.29 is 19.1 Å². The molecule has 6 nitrogen and oxygen atoms in total. The van der Waals surface area contributed by atoms with Gasteiger partial charge in [-0.15, -0.1) is 0 Å². The number of ether oxygens (including phenoxy) is 2. The second-order valence-corrected chi connectivity index (χ2v) is 4.40. The third-order valence-corrected chi connectivity index (χ3v) is 2.89. The molecule has 2 aromatic rings. The van der Waals surface area contributed by atoms with E-state index in [9.17, 15) is 9.59 Å². The number of para-hydroxylation sites is 3. The van der Waals surface area contributed by atoms with Crippen LogP contribution in [0.25, 0.3) is 0 Å². The van der Waals surface area contributed by atoms with Crippen LogP contribution >= 0.6 is 0 Å². The minimum atomic E-state index is -0.610. The molecule has 114 valence electrons. The summed E-state index contributed by atoms with van der Waals surface area (Å²) in [4.78, 5) is 23.2. The summed E-state index contributed by atoms with van der Waals surface area (Å²) in [6, 6.07) is 13.5. The molecule has 2 rings (SSSR count). The molecule has 0 unspecified atom stereocenters. The van der Waals surface area contributed by atoms with Crippen molar-refractivity contribution in [3.8, 4) is 11.5 Å². The predicted molar refractivity (Wildman–Crippen MR) is 82.1 cm³/mol. The standard InChI is InChI=1S/C16H16N2O4/c1-21-14-9-5-3-7-12(14)18-15(19)10-22-13-8-4-2-6-11(13)16(17)20/h2-9H,10H2,1H3,(H2,17,20)(H,18,19). The van der Waals surface area contributed by atoms with Gasteiger partial charge in [-0.25, -0.2) is 0 Å². The zero-order valence-corrected chi connectivity index (χ0v) is 12.0. The monoisotopic (exact) mass is 300 g/mol. The first-order chi connectivity index (χ1) is 10.6. The number of nitrogens with one attached hydrogen (secondary N) is 1. The number of hydrogen-bond acceptors (Lipinski definition) is 4. The van der Waals surface area contributed by atoms with E-state index in [0.717, 1.165) is 0 Å². The molecule has 0 fully saturated rings. The number of amides is 2. The molecule has 0 aromatic heterocycles. The van der Waals surface area contributed by atoms with Crippen molar-refractivity contribution in [2.45, 2.75) is 0 Å². The molecule has 0 heterocycles. The fraction of sp³-hybridized carbons (Fsp3) is 0.125. The van der Waals surface area contributed by atoms with E-state index < -0.39 is 5.91 Å². The number of primary amides is 1. The summed E-state index contributed by atoms with van der Waals surface area (Å²) in [6.07, 6.45) is 0. The number of nitrogens with two attached hydrogens (primary N) is 1. The third-order valence-electron chi connectivity index (χ3n) is 2.89. The van der Waals surface area contributed by atoms with Crippen LogP contribution in [0, 0.1) is 0 Å². The molecule has 0 radical (unpaired) electrons. The van der Waals surface area contributed by atoms with Gasteiger partial charge in [-0.3, -0.25) is 9.59 Å². The van der Waals surface area contributed by atoms with E-state index >= 15 is 0 Å². The fourth-order valence-electron chi connectivity index (χ4n) is 1.87. The van der Waals surface area contributed by atoms with Crippen LogP contribution in [0.3, 0.4) is 0 Å². The van der Waals surface area contributed by atoms with Crippen LogP contribution in [0.4, 0.5) is 5.69 Å². The van der Waals surface area contributed by atoms with Gasteiger partial charge < -0.3 is 20.5 Å². The molecular weight excluding hydrogens is 284 g/mol. The molecular formula is C16H16N2O4. The Labute approximate surface area is 127 Å². The van der Waals surface area contributed by atoms with Gasteiger partial charge in [0.15, 0.2) is 6.61 Å². The van der Waals surface area contributed by atoms with Gasteiger partial charge in [0.05, 0.1) is 18.4 Å². The highest BCUT2D eigenvalue weighted by molar-refractivity contribution is 5.96. The highest BCUT2D eigenvalue weighted by Gasteiger charge is 2.11. The Kier molecular flexibility index (Phi) is 4.98. The highest BCUT2D eigenvalue weighted by Crippen LogP contribution is 2.23. The van der Waals surface area contributed by atoms with Crippen LogP contribution < -0.4 is 20.5 Å². The molecule has 0 aliphatic rings. The third kappa shape index (κ3) is 3.76. The lowest BCUT2D eigenvalue weighted by Gasteiger charge is -2.11. The van der Waals surface area contributed by atoms with E-state index in [4.69, 9.17) is 15.2 Å². The van der Waals surface area contributed by atoms with Crippen molar-refractivity contribution in [2.75, 3.05) is 19.0 Å². The first-order valence-corrected chi connectivity index (χ1v) is 6.56. The largest absolute Gasteiger partial charge is 0.495 e. The van der Waals surface area contributed by atoms with Crippen LogP contribution in [-0.4, -0.2) is 25.5 Å². The van der Waals surface area contributed by atoms with E-state index in [0.29, 0.717) is 11.4 Å². The van der Waals surface area contributed by atoms with Gasteiger partial charge in [0.25, 0.3) is 11.8 Å². The molecule has 0 bridgehead atoms. The molecule has 0 aliphatic heterocycles. The molecule has 2 amide bonds. The Bertz CT molecular complexity index is 685. The SMILES string of the molecule is COc1ccccc1NC(=O)COc1ccccc1C(N)=O. The quantitative estimate of drug-likeness (QED) is 0.851. The van der Waals surface area contributed by atoms with E-state index in [1.165, 1.54) is 13.2 Å². The smallest absolute Gasteiger partial charge is 0.262 e. The maximum atomic E-state index is 11.9. The van der Waals surface area contributed by atoms with Crippen LogP contribution in [0.2, 0.25) is 0 Å². The molecule has 0 aliphatic carbocycles. The number of rotatable bonds is 6. The zero-order valence-electron chi connectivity index (χ0n) is 12.0. The maximum Gasteiger partial charge on any atom is 0.262 e. The first kappa shape index (κ1) is 15.4. The number of benzene rings is 2. The number of hydrogen-bond donors (Lipinski definition) is 2. The summed E-state index contributed by atoms with van der Waals surface area (Å²) in [6.45, 7) is -0.248. The van der Waals surface area contributed by atoms with Gasteiger partial charge in [0.1, 0.15) is 11.5 Å². The molecule has 0 saturated heterocycles. The van der Waals surface area contributed by atoms with Crippen LogP contribution in [-0.2, 0) is 4.79 Å². The Hall–Kier alpha value is -3.02. The molecule has 2 aromatic carbocycles. The van der Waals surface area contributed by atoms with E-state index in [-0.39, 0.29) is 23.8 Å². The van der Waals surface area contributed by atoms with Crippen molar-refractivity contribution in [3.05, 3.63) is 54.1 Å². The summed E-state index contributed by atoms with van der Waals surface area (Å²) in [7, 11) is 1.52. The lowest BCUT2D eigenvalue weighted by molar-refractivity contribution is -0.118. The Morgan fingerprint density at radius 3 is 2.36 bits per heavy atom. The van der Waals surface area contributed by atoms with Gasteiger partial charge in [-0.05, 0) is 24.3 Å². The van der Waals surface area contributed by atoms with Gasteiger partial charge in [-0.1, -0.05) is 24.3 Å². The zero-order chi connectivity index (χ0) is 15.9. The molecule has 0 spiro atoms. The van der Waals surface area contributed by atoms with Gasteiger partial charge in [-0.2, -0.15) is 0 Å². The van der Waals surface area contributed by atoms with Crippen LogP contribution in [0.5, 0.6) is 11.5 Å². The predicted octanol–water partition coefficient (Wildman–Crippen LogP) is 1.81. The minimum absolute atomic E-state index is 0.229.